The van der Waals surface area contributed by atoms with Gasteiger partial charge in [0.1, 0.15) is 5.82 Å². The predicted octanol–water partition coefficient (Wildman–Crippen LogP) is 2.78. The van der Waals surface area contributed by atoms with Gasteiger partial charge in [-0.1, -0.05) is 0 Å². The van der Waals surface area contributed by atoms with Crippen LogP contribution in [0.25, 0.3) is 0 Å². The summed E-state index contributed by atoms with van der Waals surface area (Å²) in [6, 6.07) is 1.92. The summed E-state index contributed by atoms with van der Waals surface area (Å²) in [5.74, 6) is 0.0549. The van der Waals surface area contributed by atoms with Crippen molar-refractivity contribution >= 4 is 21.7 Å². The van der Waals surface area contributed by atoms with Crippen molar-refractivity contribution in [3.8, 4) is 0 Å². The van der Waals surface area contributed by atoms with Crippen LogP contribution in [-0.4, -0.2) is 26.3 Å². The lowest BCUT2D eigenvalue weighted by atomic mass is 10.3. The lowest BCUT2D eigenvalue weighted by Gasteiger charge is -2.29. The summed E-state index contributed by atoms with van der Waals surface area (Å²) in [7, 11) is 0. The Labute approximate surface area is 126 Å². The third-order valence-electron chi connectivity index (χ3n) is 3.26. The number of aryl methyl sites for hydroxylation is 1. The molecule has 1 aliphatic rings. The number of alkyl halides is 3. The summed E-state index contributed by atoms with van der Waals surface area (Å²) in [6.07, 6.45) is -2.75. The highest BCUT2D eigenvalue weighted by Crippen LogP contribution is 2.31. The molecule has 0 saturated heterocycles. The van der Waals surface area contributed by atoms with Crippen LogP contribution in [0.1, 0.15) is 17.2 Å². The summed E-state index contributed by atoms with van der Waals surface area (Å²) < 4.78 is 40.3. The molecule has 0 fully saturated rings. The molecule has 0 unspecified atom stereocenters. The van der Waals surface area contributed by atoms with Crippen LogP contribution in [-0.2, 0) is 19.3 Å². The van der Waals surface area contributed by atoms with Crippen LogP contribution in [0.15, 0.2) is 16.7 Å². The first kappa shape index (κ1) is 14.3. The molecule has 0 saturated carbocycles. The molecule has 0 aromatic carbocycles. The quantitative estimate of drug-likeness (QED) is 0.783. The molecule has 0 amide bonds. The summed E-state index contributed by atoms with van der Waals surface area (Å²) in [5.41, 5.74) is 1.00. The van der Waals surface area contributed by atoms with E-state index < -0.39 is 12.0 Å². The molecule has 0 radical (unpaired) electrons. The van der Waals surface area contributed by atoms with E-state index in [0.717, 1.165) is 14.6 Å². The van der Waals surface area contributed by atoms with E-state index in [1.54, 1.807) is 6.20 Å². The highest BCUT2D eigenvalue weighted by atomic mass is 79.9. The molecule has 0 spiro atoms. The van der Waals surface area contributed by atoms with Crippen LogP contribution in [0, 0.1) is 6.92 Å². The van der Waals surface area contributed by atoms with E-state index in [2.05, 4.69) is 31.1 Å². The summed E-state index contributed by atoms with van der Waals surface area (Å²) in [6.45, 7) is 2.77. The van der Waals surface area contributed by atoms with E-state index in [4.69, 9.17) is 0 Å². The second-order valence-corrected chi connectivity index (χ2v) is 5.68. The van der Waals surface area contributed by atoms with E-state index in [1.165, 1.54) is 0 Å². The average Bonchev–Trinajstić information content (AvgIpc) is 2.81. The number of anilines is 1. The number of nitrogens with zero attached hydrogens (tertiary/aromatic N) is 5. The van der Waals surface area contributed by atoms with Gasteiger partial charge in [-0.15, -0.1) is 10.2 Å². The molecular weight excluding hydrogens is 351 g/mol. The van der Waals surface area contributed by atoms with Crippen LogP contribution in [0.4, 0.5) is 19.0 Å². The van der Waals surface area contributed by atoms with E-state index in [0.29, 0.717) is 18.2 Å². The maximum absolute atomic E-state index is 12.8. The van der Waals surface area contributed by atoms with Gasteiger partial charge in [-0.3, -0.25) is 0 Å². The number of aromatic nitrogens is 4. The Bertz CT molecular complexity index is 682. The first-order valence-electron chi connectivity index (χ1n) is 6.22. The smallest absolute Gasteiger partial charge is 0.346 e. The highest BCUT2D eigenvalue weighted by Gasteiger charge is 2.39. The molecule has 2 aromatic rings. The zero-order chi connectivity index (χ0) is 15.2. The molecule has 1 aliphatic heterocycles. The summed E-state index contributed by atoms with van der Waals surface area (Å²) >= 11 is 3.43. The number of fused-ring (bicyclic) bond motifs is 1. The van der Waals surface area contributed by atoms with Crippen LogP contribution in [0.2, 0.25) is 0 Å². The Hall–Kier alpha value is -1.64. The SMILES string of the molecule is Cc1cnc(N2CCn3c(nnc3C(F)(F)F)C2)c(Br)c1. The summed E-state index contributed by atoms with van der Waals surface area (Å²) in [4.78, 5) is 6.21. The maximum atomic E-state index is 12.8. The number of hydrogen-bond acceptors (Lipinski definition) is 4. The van der Waals surface area contributed by atoms with E-state index in [9.17, 15) is 13.2 Å². The minimum Gasteiger partial charge on any atom is -0.346 e. The molecule has 0 N–H and O–H groups in total. The molecule has 21 heavy (non-hydrogen) atoms. The second kappa shape index (κ2) is 4.97. The fourth-order valence-corrected chi connectivity index (χ4v) is 3.02. The minimum atomic E-state index is -4.48. The van der Waals surface area contributed by atoms with E-state index >= 15 is 0 Å². The third kappa shape index (κ3) is 2.61. The van der Waals surface area contributed by atoms with Gasteiger partial charge in [0.2, 0.25) is 5.82 Å². The average molecular weight is 362 g/mol. The van der Waals surface area contributed by atoms with Crippen LogP contribution < -0.4 is 4.90 Å². The number of pyridine rings is 1. The Balaban J connectivity index is 1.90. The van der Waals surface area contributed by atoms with Gasteiger partial charge < -0.3 is 9.47 Å². The van der Waals surface area contributed by atoms with Crippen molar-refractivity contribution in [2.45, 2.75) is 26.2 Å². The van der Waals surface area contributed by atoms with Crippen molar-refractivity contribution in [2.75, 3.05) is 11.4 Å². The number of halogens is 4. The van der Waals surface area contributed by atoms with Crippen LogP contribution in [0.5, 0.6) is 0 Å². The van der Waals surface area contributed by atoms with Gasteiger partial charge in [-0.2, -0.15) is 13.2 Å². The standard InChI is InChI=1S/C12H11BrF3N5/c1-7-4-8(13)10(17-5-7)20-2-3-21-9(6-20)18-19-11(21)12(14,15)16/h4-5H,2-3,6H2,1H3. The largest absolute Gasteiger partial charge is 0.451 e. The van der Waals surface area contributed by atoms with Crippen molar-refractivity contribution in [2.24, 2.45) is 0 Å². The number of rotatable bonds is 1. The zero-order valence-corrected chi connectivity index (χ0v) is 12.6. The Kier molecular flexibility index (Phi) is 3.39. The Morgan fingerprint density at radius 3 is 2.67 bits per heavy atom. The lowest BCUT2D eigenvalue weighted by Crippen LogP contribution is -2.36. The molecule has 3 rings (SSSR count). The fraction of sp³-hybridized carbons (Fsp3) is 0.417. The minimum absolute atomic E-state index is 0.180. The van der Waals surface area contributed by atoms with Gasteiger partial charge in [-0.05, 0) is 34.5 Å². The Morgan fingerprint density at radius 2 is 2.00 bits per heavy atom. The van der Waals surface area contributed by atoms with Crippen LogP contribution >= 0.6 is 15.9 Å². The predicted molar refractivity (Wildman–Crippen MR) is 72.7 cm³/mol. The lowest BCUT2D eigenvalue weighted by molar-refractivity contribution is -0.147. The van der Waals surface area contributed by atoms with Crippen molar-refractivity contribution in [1.82, 2.24) is 19.7 Å². The molecule has 0 aliphatic carbocycles. The van der Waals surface area contributed by atoms with E-state index in [1.807, 2.05) is 17.9 Å². The molecule has 9 heteroatoms. The zero-order valence-electron chi connectivity index (χ0n) is 11.0. The van der Waals surface area contributed by atoms with Crippen molar-refractivity contribution in [3.05, 3.63) is 33.9 Å². The van der Waals surface area contributed by atoms with Crippen molar-refractivity contribution < 1.29 is 13.2 Å². The Morgan fingerprint density at radius 1 is 1.24 bits per heavy atom. The van der Waals surface area contributed by atoms with Crippen molar-refractivity contribution in [3.63, 3.8) is 0 Å². The summed E-state index contributed by atoms with van der Waals surface area (Å²) in [5, 5.41) is 6.92. The molecular formula is C12H11BrF3N5. The molecule has 2 aromatic heterocycles. The fourth-order valence-electron chi connectivity index (χ4n) is 2.31. The molecule has 0 atom stereocenters. The molecule has 0 bridgehead atoms. The van der Waals surface area contributed by atoms with Gasteiger partial charge in [0.05, 0.1) is 11.0 Å². The van der Waals surface area contributed by atoms with Gasteiger partial charge in [0.25, 0.3) is 0 Å². The van der Waals surface area contributed by atoms with Gasteiger partial charge in [0, 0.05) is 19.3 Å². The topological polar surface area (TPSA) is 46.8 Å². The first-order valence-corrected chi connectivity index (χ1v) is 7.02. The first-order chi connectivity index (χ1) is 9.86. The number of hydrogen-bond donors (Lipinski definition) is 0. The van der Waals surface area contributed by atoms with E-state index in [-0.39, 0.29) is 13.1 Å². The van der Waals surface area contributed by atoms with Crippen molar-refractivity contribution in [1.29, 1.82) is 0 Å². The molecule has 5 nitrogen and oxygen atoms in total. The molecule has 112 valence electrons. The third-order valence-corrected chi connectivity index (χ3v) is 3.85. The van der Waals surface area contributed by atoms with Crippen LogP contribution in [0.3, 0.4) is 0 Å². The molecule has 3 heterocycles. The monoisotopic (exact) mass is 361 g/mol. The maximum Gasteiger partial charge on any atom is 0.451 e. The van der Waals surface area contributed by atoms with Gasteiger partial charge in [-0.25, -0.2) is 4.98 Å². The van der Waals surface area contributed by atoms with Gasteiger partial charge in [0.15, 0.2) is 5.82 Å². The van der Waals surface area contributed by atoms with Gasteiger partial charge >= 0.3 is 6.18 Å². The normalized spacial score (nSPS) is 15.2. The second-order valence-electron chi connectivity index (χ2n) is 4.83. The highest BCUT2D eigenvalue weighted by molar-refractivity contribution is 9.10.